The number of hydrogen-bond donors (Lipinski definition) is 0. The Balaban J connectivity index is 1.48. The molecule has 1 spiro atoms. The highest BCUT2D eigenvalue weighted by Crippen LogP contribution is 2.35. The van der Waals surface area contributed by atoms with E-state index in [1.54, 1.807) is 18.4 Å². The fourth-order valence-electron chi connectivity index (χ4n) is 4.55. The van der Waals surface area contributed by atoms with Crippen LogP contribution in [0.15, 0.2) is 53.3 Å². The van der Waals surface area contributed by atoms with Gasteiger partial charge in [0.15, 0.2) is 5.79 Å². The van der Waals surface area contributed by atoms with Gasteiger partial charge in [-0.2, -0.15) is 0 Å². The van der Waals surface area contributed by atoms with Crippen molar-refractivity contribution in [2.24, 2.45) is 0 Å². The summed E-state index contributed by atoms with van der Waals surface area (Å²) < 4.78 is 32.6. The standard InChI is InChI=1S/C24H25FN2O4/c1-17-15-27(16-18-4-6-19(25)7-5-18)22(21(17)20-3-2-12-29-20)23(28)26-10-8-24(9-11-26)30-13-14-31-24/h2-7,12,15H,8-11,13-14,16H2,1H3. The van der Waals surface area contributed by atoms with Crippen LogP contribution in [0.5, 0.6) is 0 Å². The van der Waals surface area contributed by atoms with E-state index < -0.39 is 5.79 Å². The molecule has 0 radical (unpaired) electrons. The van der Waals surface area contributed by atoms with Gasteiger partial charge in [0, 0.05) is 38.7 Å². The summed E-state index contributed by atoms with van der Waals surface area (Å²) in [7, 11) is 0. The summed E-state index contributed by atoms with van der Waals surface area (Å²) in [5.74, 6) is -0.199. The van der Waals surface area contributed by atoms with Crippen molar-refractivity contribution < 1.29 is 23.1 Å². The maximum atomic E-state index is 13.7. The molecular weight excluding hydrogens is 399 g/mol. The minimum atomic E-state index is -0.535. The first kappa shape index (κ1) is 20.0. The summed E-state index contributed by atoms with van der Waals surface area (Å²) in [6.07, 6.45) is 4.89. The van der Waals surface area contributed by atoms with E-state index in [9.17, 15) is 9.18 Å². The normalized spacial score (nSPS) is 18.1. The van der Waals surface area contributed by atoms with E-state index >= 15 is 0 Å². The van der Waals surface area contributed by atoms with Crippen molar-refractivity contribution in [3.05, 3.63) is 71.5 Å². The van der Waals surface area contributed by atoms with Gasteiger partial charge >= 0.3 is 0 Å². The van der Waals surface area contributed by atoms with E-state index in [1.807, 2.05) is 34.7 Å². The van der Waals surface area contributed by atoms with Gasteiger partial charge in [0.25, 0.3) is 5.91 Å². The van der Waals surface area contributed by atoms with Crippen LogP contribution in [-0.4, -0.2) is 47.5 Å². The van der Waals surface area contributed by atoms with Crippen molar-refractivity contribution in [1.29, 1.82) is 0 Å². The number of aryl methyl sites for hydroxylation is 1. The zero-order valence-electron chi connectivity index (χ0n) is 17.5. The molecule has 1 amide bonds. The number of benzene rings is 1. The van der Waals surface area contributed by atoms with Gasteiger partial charge in [-0.3, -0.25) is 4.79 Å². The van der Waals surface area contributed by atoms with E-state index in [4.69, 9.17) is 13.9 Å². The molecule has 31 heavy (non-hydrogen) atoms. The Bertz CT molecular complexity index is 1060. The number of rotatable bonds is 4. The van der Waals surface area contributed by atoms with E-state index in [0.717, 1.165) is 16.7 Å². The van der Waals surface area contributed by atoms with Crippen molar-refractivity contribution in [2.45, 2.75) is 32.1 Å². The molecule has 0 atom stereocenters. The Morgan fingerprint density at radius 3 is 2.45 bits per heavy atom. The van der Waals surface area contributed by atoms with E-state index in [2.05, 4.69) is 0 Å². The molecule has 1 aromatic carbocycles. The Kier molecular flexibility index (Phi) is 5.16. The maximum absolute atomic E-state index is 13.7. The fourth-order valence-corrected chi connectivity index (χ4v) is 4.55. The van der Waals surface area contributed by atoms with Crippen LogP contribution in [0.2, 0.25) is 0 Å². The highest BCUT2D eigenvalue weighted by Gasteiger charge is 2.41. The Morgan fingerprint density at radius 1 is 1.10 bits per heavy atom. The first-order valence-electron chi connectivity index (χ1n) is 10.6. The lowest BCUT2D eigenvalue weighted by atomic mass is 10.0. The van der Waals surface area contributed by atoms with Gasteiger partial charge in [0.05, 0.1) is 25.0 Å². The summed E-state index contributed by atoms with van der Waals surface area (Å²) in [6, 6.07) is 10.0. The lowest BCUT2D eigenvalue weighted by Crippen LogP contribution is -2.47. The highest BCUT2D eigenvalue weighted by molar-refractivity contribution is 6.00. The smallest absolute Gasteiger partial charge is 0.271 e. The molecular formula is C24H25FN2O4. The molecule has 2 fully saturated rings. The average Bonchev–Trinajstić information content (AvgIpc) is 3.51. The van der Waals surface area contributed by atoms with E-state index in [1.165, 1.54) is 12.1 Å². The molecule has 2 aliphatic rings. The molecule has 0 saturated carbocycles. The summed E-state index contributed by atoms with van der Waals surface area (Å²) in [5.41, 5.74) is 3.25. The lowest BCUT2D eigenvalue weighted by Gasteiger charge is -2.37. The first-order chi connectivity index (χ1) is 15.0. The molecule has 2 aliphatic heterocycles. The van der Waals surface area contributed by atoms with Crippen LogP contribution in [0.1, 0.15) is 34.5 Å². The van der Waals surface area contributed by atoms with Crippen molar-refractivity contribution in [3.63, 3.8) is 0 Å². The number of likely N-dealkylation sites (tertiary alicyclic amines) is 1. The van der Waals surface area contributed by atoms with Crippen LogP contribution in [0.25, 0.3) is 11.3 Å². The van der Waals surface area contributed by atoms with Crippen molar-refractivity contribution >= 4 is 5.91 Å². The van der Waals surface area contributed by atoms with Crippen molar-refractivity contribution in [2.75, 3.05) is 26.3 Å². The summed E-state index contributed by atoms with van der Waals surface area (Å²) >= 11 is 0. The zero-order valence-corrected chi connectivity index (χ0v) is 17.5. The number of aromatic nitrogens is 1. The fraction of sp³-hybridized carbons (Fsp3) is 0.375. The quantitative estimate of drug-likeness (QED) is 0.629. The van der Waals surface area contributed by atoms with Crippen molar-refractivity contribution in [1.82, 2.24) is 9.47 Å². The monoisotopic (exact) mass is 424 g/mol. The number of nitrogens with zero attached hydrogens (tertiary/aromatic N) is 2. The number of amides is 1. The Hall–Kier alpha value is -2.90. The van der Waals surface area contributed by atoms with E-state index in [0.29, 0.717) is 57.1 Å². The van der Waals surface area contributed by atoms with Crippen LogP contribution in [-0.2, 0) is 16.0 Å². The maximum Gasteiger partial charge on any atom is 0.271 e. The molecule has 0 bridgehead atoms. The van der Waals surface area contributed by atoms with Gasteiger partial charge in [0.2, 0.25) is 0 Å². The second-order valence-corrected chi connectivity index (χ2v) is 8.17. The van der Waals surface area contributed by atoms with Crippen LogP contribution in [0.3, 0.4) is 0 Å². The Labute approximate surface area is 180 Å². The molecule has 0 aliphatic carbocycles. The molecule has 0 N–H and O–H groups in total. The van der Waals surface area contributed by atoms with Gasteiger partial charge in [-0.05, 0) is 42.3 Å². The van der Waals surface area contributed by atoms with E-state index in [-0.39, 0.29) is 11.7 Å². The third-order valence-electron chi connectivity index (χ3n) is 6.13. The first-order valence-corrected chi connectivity index (χ1v) is 10.6. The second-order valence-electron chi connectivity index (χ2n) is 8.17. The number of ether oxygens (including phenoxy) is 2. The largest absolute Gasteiger partial charge is 0.464 e. The second kappa shape index (κ2) is 7.98. The van der Waals surface area contributed by atoms with Gasteiger partial charge < -0.3 is 23.4 Å². The van der Waals surface area contributed by atoms with Crippen LogP contribution in [0, 0.1) is 12.7 Å². The number of carbonyl (C=O) groups is 1. The number of hydrogen-bond acceptors (Lipinski definition) is 4. The van der Waals surface area contributed by atoms with Crippen LogP contribution >= 0.6 is 0 Å². The van der Waals surface area contributed by atoms with Gasteiger partial charge in [-0.25, -0.2) is 4.39 Å². The van der Waals surface area contributed by atoms with Crippen LogP contribution in [0.4, 0.5) is 4.39 Å². The predicted molar refractivity (Wildman–Crippen MR) is 112 cm³/mol. The SMILES string of the molecule is Cc1cn(Cc2ccc(F)cc2)c(C(=O)N2CCC3(CC2)OCCO3)c1-c1ccco1. The molecule has 5 rings (SSSR count). The summed E-state index contributed by atoms with van der Waals surface area (Å²) in [6.45, 7) is 4.79. The Morgan fingerprint density at radius 2 is 1.81 bits per heavy atom. The molecule has 2 saturated heterocycles. The molecule has 7 heteroatoms. The number of carbonyl (C=O) groups excluding carboxylic acids is 1. The summed E-state index contributed by atoms with van der Waals surface area (Å²) in [5, 5.41) is 0. The lowest BCUT2D eigenvalue weighted by molar-refractivity contribution is -0.181. The predicted octanol–water partition coefficient (Wildman–Crippen LogP) is 4.22. The minimum absolute atomic E-state index is 0.0468. The molecule has 4 heterocycles. The van der Waals surface area contributed by atoms with Crippen LogP contribution < -0.4 is 0 Å². The van der Waals surface area contributed by atoms with Gasteiger partial charge in [-0.15, -0.1) is 0 Å². The molecule has 0 unspecified atom stereocenters. The zero-order chi connectivity index (χ0) is 21.4. The topological polar surface area (TPSA) is 56.8 Å². The highest BCUT2D eigenvalue weighted by atomic mass is 19.1. The minimum Gasteiger partial charge on any atom is -0.464 e. The van der Waals surface area contributed by atoms with Gasteiger partial charge in [0.1, 0.15) is 17.3 Å². The summed E-state index contributed by atoms with van der Waals surface area (Å²) in [4.78, 5) is 15.6. The average molecular weight is 424 g/mol. The van der Waals surface area contributed by atoms with Crippen molar-refractivity contribution in [3.8, 4) is 11.3 Å². The third-order valence-corrected chi connectivity index (χ3v) is 6.13. The molecule has 162 valence electrons. The third kappa shape index (κ3) is 3.79. The number of halogens is 1. The van der Waals surface area contributed by atoms with Gasteiger partial charge in [-0.1, -0.05) is 12.1 Å². The molecule has 2 aromatic heterocycles. The molecule has 6 nitrogen and oxygen atoms in total. The number of piperidine rings is 1. The number of furan rings is 1. The molecule has 3 aromatic rings.